The number of nitrogens with one attached hydrogen (secondary N) is 1. The molecule has 0 bridgehead atoms. The molecular formula is C15H20N2O3. The average molecular weight is 276 g/mol. The molecule has 0 aromatic heterocycles. The highest BCUT2D eigenvalue weighted by atomic mass is 16.3. The standard InChI is InChI=1S/C15H20N2O3/c1-11(18)12-3-5-13(6-4-12)16-14(19)9-17-8-7-15(2,20)10-17/h3-6,20H,7-10H2,1-2H3,(H,16,19). The van der Waals surface area contributed by atoms with E-state index < -0.39 is 5.60 Å². The van der Waals surface area contributed by atoms with Crippen LogP contribution in [0.25, 0.3) is 0 Å². The van der Waals surface area contributed by atoms with Crippen LogP contribution < -0.4 is 5.32 Å². The second-order valence-electron chi connectivity index (χ2n) is 5.64. The normalized spacial score (nSPS) is 22.8. The second kappa shape index (κ2) is 5.73. The molecule has 108 valence electrons. The molecule has 1 amide bonds. The molecule has 1 fully saturated rings. The average Bonchev–Trinajstić information content (AvgIpc) is 2.69. The first-order valence-corrected chi connectivity index (χ1v) is 6.71. The molecule has 1 saturated heterocycles. The number of Topliss-reactive ketones (excluding diaryl/α,β-unsaturated/α-hetero) is 1. The number of β-amino-alcohol motifs (C(OH)–C–C–N with tert-alkyl or cyclic N) is 1. The van der Waals surface area contributed by atoms with E-state index in [2.05, 4.69) is 5.32 Å². The smallest absolute Gasteiger partial charge is 0.238 e. The molecule has 1 aromatic rings. The lowest BCUT2D eigenvalue weighted by Gasteiger charge is -2.18. The SMILES string of the molecule is CC(=O)c1ccc(NC(=O)CN2CCC(C)(O)C2)cc1. The Morgan fingerprint density at radius 2 is 2.00 bits per heavy atom. The van der Waals surface area contributed by atoms with E-state index in [4.69, 9.17) is 0 Å². The molecule has 0 spiro atoms. The molecule has 1 heterocycles. The van der Waals surface area contributed by atoms with Crippen LogP contribution in [-0.2, 0) is 4.79 Å². The van der Waals surface area contributed by atoms with E-state index in [1.54, 1.807) is 31.2 Å². The molecular weight excluding hydrogens is 256 g/mol. The van der Waals surface area contributed by atoms with Crippen molar-refractivity contribution in [2.45, 2.75) is 25.9 Å². The Balaban J connectivity index is 1.87. The van der Waals surface area contributed by atoms with Crippen LogP contribution in [0.15, 0.2) is 24.3 Å². The topological polar surface area (TPSA) is 69.6 Å². The van der Waals surface area contributed by atoms with Gasteiger partial charge in [-0.25, -0.2) is 0 Å². The zero-order chi connectivity index (χ0) is 14.8. The van der Waals surface area contributed by atoms with Crippen molar-refractivity contribution >= 4 is 17.4 Å². The van der Waals surface area contributed by atoms with Crippen molar-refractivity contribution in [1.29, 1.82) is 0 Å². The van der Waals surface area contributed by atoms with E-state index in [0.29, 0.717) is 24.2 Å². The summed E-state index contributed by atoms with van der Waals surface area (Å²) in [5, 5.41) is 12.6. The van der Waals surface area contributed by atoms with Gasteiger partial charge < -0.3 is 10.4 Å². The Morgan fingerprint density at radius 1 is 1.35 bits per heavy atom. The Hall–Kier alpha value is -1.72. The number of amides is 1. The molecule has 1 unspecified atom stereocenters. The quantitative estimate of drug-likeness (QED) is 0.813. The lowest BCUT2D eigenvalue weighted by molar-refractivity contribution is -0.117. The predicted molar refractivity (Wildman–Crippen MR) is 76.8 cm³/mol. The third-order valence-corrected chi connectivity index (χ3v) is 3.47. The first-order chi connectivity index (χ1) is 9.35. The molecule has 2 N–H and O–H groups in total. The van der Waals surface area contributed by atoms with Crippen molar-refractivity contribution in [3.8, 4) is 0 Å². The summed E-state index contributed by atoms with van der Waals surface area (Å²) in [6, 6.07) is 6.82. The number of aliphatic hydroxyl groups is 1. The Labute approximate surface area is 118 Å². The number of nitrogens with zero attached hydrogens (tertiary/aromatic N) is 1. The minimum Gasteiger partial charge on any atom is -0.389 e. The number of ketones is 1. The lowest BCUT2D eigenvalue weighted by atomic mass is 10.1. The number of rotatable bonds is 4. The summed E-state index contributed by atoms with van der Waals surface area (Å²) in [6.45, 7) is 4.80. The number of carbonyl (C=O) groups is 2. The van der Waals surface area contributed by atoms with E-state index in [0.717, 1.165) is 6.54 Å². The van der Waals surface area contributed by atoms with E-state index in [9.17, 15) is 14.7 Å². The van der Waals surface area contributed by atoms with Crippen LogP contribution in [0.2, 0.25) is 0 Å². The Morgan fingerprint density at radius 3 is 2.50 bits per heavy atom. The van der Waals surface area contributed by atoms with Crippen LogP contribution in [0, 0.1) is 0 Å². The molecule has 1 aromatic carbocycles. The summed E-state index contributed by atoms with van der Waals surface area (Å²) in [7, 11) is 0. The van der Waals surface area contributed by atoms with E-state index in [1.807, 2.05) is 4.90 Å². The van der Waals surface area contributed by atoms with Crippen LogP contribution in [0.3, 0.4) is 0 Å². The number of benzene rings is 1. The number of likely N-dealkylation sites (tertiary alicyclic amines) is 1. The van der Waals surface area contributed by atoms with Gasteiger partial charge in [-0.1, -0.05) is 0 Å². The fraction of sp³-hybridized carbons (Fsp3) is 0.467. The molecule has 1 atom stereocenters. The van der Waals surface area contributed by atoms with Crippen molar-refractivity contribution in [2.75, 3.05) is 25.0 Å². The van der Waals surface area contributed by atoms with Crippen molar-refractivity contribution < 1.29 is 14.7 Å². The summed E-state index contributed by atoms with van der Waals surface area (Å²) in [6.07, 6.45) is 0.688. The fourth-order valence-corrected chi connectivity index (χ4v) is 2.37. The van der Waals surface area contributed by atoms with Gasteiger partial charge in [-0.15, -0.1) is 0 Å². The van der Waals surface area contributed by atoms with Gasteiger partial charge in [0.25, 0.3) is 0 Å². The maximum Gasteiger partial charge on any atom is 0.238 e. The summed E-state index contributed by atoms with van der Waals surface area (Å²) in [5.74, 6) is -0.111. The van der Waals surface area contributed by atoms with Gasteiger partial charge in [-0.3, -0.25) is 14.5 Å². The third kappa shape index (κ3) is 3.88. The summed E-state index contributed by atoms with van der Waals surface area (Å²) in [5.41, 5.74) is 0.605. The molecule has 1 aliphatic heterocycles. The van der Waals surface area contributed by atoms with E-state index >= 15 is 0 Å². The number of hydrogen-bond donors (Lipinski definition) is 2. The summed E-state index contributed by atoms with van der Waals surface area (Å²) < 4.78 is 0. The Kier molecular flexibility index (Phi) is 4.20. The van der Waals surface area contributed by atoms with Gasteiger partial charge in [0.15, 0.2) is 5.78 Å². The van der Waals surface area contributed by atoms with Crippen LogP contribution in [-0.4, -0.2) is 46.9 Å². The summed E-state index contributed by atoms with van der Waals surface area (Å²) >= 11 is 0. The predicted octanol–water partition coefficient (Wildman–Crippen LogP) is 1.28. The number of anilines is 1. The van der Waals surface area contributed by atoms with Crippen molar-refractivity contribution in [2.24, 2.45) is 0 Å². The molecule has 5 nitrogen and oxygen atoms in total. The highest BCUT2D eigenvalue weighted by molar-refractivity contribution is 5.96. The minimum atomic E-state index is -0.691. The highest BCUT2D eigenvalue weighted by Gasteiger charge is 2.31. The molecule has 0 saturated carbocycles. The van der Waals surface area contributed by atoms with Gasteiger partial charge >= 0.3 is 0 Å². The fourth-order valence-electron chi connectivity index (χ4n) is 2.37. The minimum absolute atomic E-state index is 0.00201. The first-order valence-electron chi connectivity index (χ1n) is 6.71. The van der Waals surface area contributed by atoms with Crippen LogP contribution in [0.5, 0.6) is 0 Å². The highest BCUT2D eigenvalue weighted by Crippen LogP contribution is 2.19. The molecule has 5 heteroatoms. The Bertz CT molecular complexity index is 508. The maximum absolute atomic E-state index is 11.9. The lowest BCUT2D eigenvalue weighted by Crippen LogP contribution is -2.35. The molecule has 1 aliphatic rings. The molecule has 0 radical (unpaired) electrons. The number of carbonyl (C=O) groups excluding carboxylic acids is 2. The maximum atomic E-state index is 11.9. The third-order valence-electron chi connectivity index (χ3n) is 3.47. The first kappa shape index (κ1) is 14.7. The zero-order valence-electron chi connectivity index (χ0n) is 11.8. The number of hydrogen-bond acceptors (Lipinski definition) is 4. The van der Waals surface area contributed by atoms with Crippen LogP contribution in [0.4, 0.5) is 5.69 Å². The molecule has 20 heavy (non-hydrogen) atoms. The summed E-state index contributed by atoms with van der Waals surface area (Å²) in [4.78, 5) is 25.0. The van der Waals surface area contributed by atoms with Gasteiger partial charge in [0, 0.05) is 24.3 Å². The second-order valence-corrected chi connectivity index (χ2v) is 5.64. The van der Waals surface area contributed by atoms with Gasteiger partial charge in [0.05, 0.1) is 12.1 Å². The van der Waals surface area contributed by atoms with Crippen LogP contribution in [0.1, 0.15) is 30.6 Å². The van der Waals surface area contributed by atoms with Crippen molar-refractivity contribution in [3.05, 3.63) is 29.8 Å². The van der Waals surface area contributed by atoms with Crippen molar-refractivity contribution in [3.63, 3.8) is 0 Å². The van der Waals surface area contributed by atoms with Gasteiger partial charge in [-0.05, 0) is 44.5 Å². The van der Waals surface area contributed by atoms with E-state index in [1.165, 1.54) is 6.92 Å². The largest absolute Gasteiger partial charge is 0.389 e. The monoisotopic (exact) mass is 276 g/mol. The van der Waals surface area contributed by atoms with Crippen LogP contribution >= 0.6 is 0 Å². The zero-order valence-corrected chi connectivity index (χ0v) is 11.8. The van der Waals surface area contributed by atoms with Gasteiger partial charge in [-0.2, -0.15) is 0 Å². The van der Waals surface area contributed by atoms with Crippen molar-refractivity contribution in [1.82, 2.24) is 4.90 Å². The molecule has 0 aliphatic carbocycles. The molecule has 2 rings (SSSR count). The van der Waals surface area contributed by atoms with Gasteiger partial charge in [0.1, 0.15) is 0 Å². The van der Waals surface area contributed by atoms with Gasteiger partial charge in [0.2, 0.25) is 5.91 Å². The van der Waals surface area contributed by atoms with E-state index in [-0.39, 0.29) is 18.2 Å².